The fourth-order valence-corrected chi connectivity index (χ4v) is 1.65. The van der Waals surface area contributed by atoms with E-state index in [2.05, 4.69) is 15.3 Å². The maximum Gasteiger partial charge on any atom is 0.237 e. The Hall–Kier alpha value is -1.73. The van der Waals surface area contributed by atoms with Crippen molar-refractivity contribution in [3.8, 4) is 0 Å². The number of hydrogen-bond donors (Lipinski definition) is 4. The smallest absolute Gasteiger partial charge is 0.237 e. The van der Waals surface area contributed by atoms with Crippen molar-refractivity contribution < 1.29 is 9.59 Å². The summed E-state index contributed by atoms with van der Waals surface area (Å²) in [6, 6.07) is -1.35. The minimum absolute atomic E-state index is 0.323. The standard InChI is InChI=1S/C12H20N5O2/c13-4-2-1-3-9(7-18)17-12(19)11(14)5-10-6-15-8-16-10/h6,8-9,11H,1-5,13-14H2,(H,15,16)(H,17,19)/t9-,11-/m0/s1. The molecule has 2 atom stereocenters. The van der Waals surface area contributed by atoms with E-state index in [0.717, 1.165) is 12.8 Å². The fraction of sp³-hybridized carbons (Fsp3) is 0.583. The fourth-order valence-electron chi connectivity index (χ4n) is 1.65. The van der Waals surface area contributed by atoms with Gasteiger partial charge in [0.05, 0.1) is 24.1 Å². The largest absolute Gasteiger partial charge is 0.351 e. The van der Waals surface area contributed by atoms with Gasteiger partial charge in [0.15, 0.2) is 0 Å². The number of aromatic nitrogens is 2. The van der Waals surface area contributed by atoms with Gasteiger partial charge < -0.3 is 21.8 Å². The van der Waals surface area contributed by atoms with Gasteiger partial charge in [-0.15, -0.1) is 0 Å². The molecule has 1 heterocycles. The quantitative estimate of drug-likeness (QED) is 0.426. The van der Waals surface area contributed by atoms with E-state index in [1.165, 1.54) is 6.33 Å². The molecule has 7 heteroatoms. The van der Waals surface area contributed by atoms with Crippen LogP contribution in [0, 0.1) is 0 Å². The Morgan fingerprint density at radius 3 is 2.89 bits per heavy atom. The van der Waals surface area contributed by atoms with Crippen LogP contribution in [0.15, 0.2) is 12.5 Å². The van der Waals surface area contributed by atoms with E-state index < -0.39 is 12.1 Å². The molecule has 0 aliphatic rings. The number of nitrogens with one attached hydrogen (secondary N) is 2. The lowest BCUT2D eigenvalue weighted by Gasteiger charge is -2.15. The van der Waals surface area contributed by atoms with E-state index in [0.29, 0.717) is 25.1 Å². The van der Waals surface area contributed by atoms with Crippen molar-refractivity contribution in [2.75, 3.05) is 6.54 Å². The third-order valence-electron chi connectivity index (χ3n) is 2.73. The maximum atomic E-state index is 11.8. The summed E-state index contributed by atoms with van der Waals surface area (Å²) in [7, 11) is 0. The van der Waals surface area contributed by atoms with E-state index in [1.807, 2.05) is 0 Å². The third kappa shape index (κ3) is 5.62. The van der Waals surface area contributed by atoms with Crippen LogP contribution in [0.1, 0.15) is 25.0 Å². The Morgan fingerprint density at radius 2 is 2.32 bits per heavy atom. The van der Waals surface area contributed by atoms with Crippen molar-refractivity contribution in [3.05, 3.63) is 18.2 Å². The highest BCUT2D eigenvalue weighted by Crippen LogP contribution is 2.00. The maximum absolute atomic E-state index is 11.8. The molecule has 0 aliphatic heterocycles. The van der Waals surface area contributed by atoms with Gasteiger partial charge in [-0.25, -0.2) is 4.98 Å². The first-order valence-corrected chi connectivity index (χ1v) is 6.28. The zero-order chi connectivity index (χ0) is 14.1. The SMILES string of the molecule is NCCCC[C@@H]([C]=O)NC(=O)[C@@H](N)Cc1c[nH]cn1. The Bertz CT molecular complexity index is 379. The molecule has 0 unspecified atom stereocenters. The number of imidazole rings is 1. The molecule has 0 bridgehead atoms. The third-order valence-corrected chi connectivity index (χ3v) is 2.73. The summed E-state index contributed by atoms with van der Waals surface area (Å²) in [5.74, 6) is -0.371. The highest BCUT2D eigenvalue weighted by molar-refractivity contribution is 5.84. The van der Waals surface area contributed by atoms with Crippen molar-refractivity contribution in [2.24, 2.45) is 11.5 Å². The van der Waals surface area contributed by atoms with Crippen LogP contribution in [0.2, 0.25) is 0 Å². The summed E-state index contributed by atoms with van der Waals surface area (Å²) >= 11 is 0. The summed E-state index contributed by atoms with van der Waals surface area (Å²) in [4.78, 5) is 29.3. The van der Waals surface area contributed by atoms with E-state index >= 15 is 0 Å². The van der Waals surface area contributed by atoms with E-state index in [4.69, 9.17) is 11.5 Å². The molecule has 0 saturated carbocycles. The lowest BCUT2D eigenvalue weighted by Crippen LogP contribution is -2.47. The van der Waals surface area contributed by atoms with Crippen LogP contribution in [0.5, 0.6) is 0 Å². The molecule has 1 radical (unpaired) electrons. The average Bonchev–Trinajstić information content (AvgIpc) is 2.90. The van der Waals surface area contributed by atoms with Crippen LogP contribution in [0.4, 0.5) is 0 Å². The lowest BCUT2D eigenvalue weighted by molar-refractivity contribution is -0.122. The minimum Gasteiger partial charge on any atom is -0.351 e. The Kier molecular flexibility index (Phi) is 6.76. The summed E-state index contributed by atoms with van der Waals surface area (Å²) in [6.07, 6.45) is 7.44. The zero-order valence-electron chi connectivity index (χ0n) is 10.8. The number of rotatable bonds is 9. The molecule has 105 valence electrons. The van der Waals surface area contributed by atoms with Crippen molar-refractivity contribution in [3.63, 3.8) is 0 Å². The molecule has 0 spiro atoms. The van der Waals surface area contributed by atoms with E-state index in [1.54, 1.807) is 12.5 Å². The van der Waals surface area contributed by atoms with E-state index in [9.17, 15) is 9.59 Å². The number of amides is 1. The second-order valence-corrected chi connectivity index (χ2v) is 4.33. The highest BCUT2D eigenvalue weighted by atomic mass is 16.2. The van der Waals surface area contributed by atoms with Gasteiger partial charge in [-0.05, 0) is 25.8 Å². The molecular formula is C12H20N5O2. The van der Waals surface area contributed by atoms with Crippen LogP contribution in [0.3, 0.4) is 0 Å². The van der Waals surface area contributed by atoms with Crippen LogP contribution in [-0.2, 0) is 16.0 Å². The van der Waals surface area contributed by atoms with Crippen LogP contribution < -0.4 is 16.8 Å². The zero-order valence-corrected chi connectivity index (χ0v) is 10.8. The molecule has 0 aromatic carbocycles. The average molecular weight is 266 g/mol. The second-order valence-electron chi connectivity index (χ2n) is 4.33. The second kappa shape index (κ2) is 8.39. The van der Waals surface area contributed by atoms with Crippen molar-refractivity contribution >= 4 is 12.2 Å². The van der Waals surface area contributed by atoms with Gasteiger partial charge in [0, 0.05) is 12.6 Å². The van der Waals surface area contributed by atoms with Gasteiger partial charge in [-0.1, -0.05) is 0 Å². The molecule has 0 aliphatic carbocycles. The number of unbranched alkanes of at least 4 members (excludes halogenated alkanes) is 1. The predicted molar refractivity (Wildman–Crippen MR) is 70.8 cm³/mol. The molecule has 6 N–H and O–H groups in total. The van der Waals surface area contributed by atoms with Crippen molar-refractivity contribution in [2.45, 2.75) is 37.8 Å². The predicted octanol–water partition coefficient (Wildman–Crippen LogP) is -0.997. The Balaban J connectivity index is 2.36. The van der Waals surface area contributed by atoms with E-state index in [-0.39, 0.29) is 5.91 Å². The Morgan fingerprint density at radius 1 is 1.53 bits per heavy atom. The first-order valence-electron chi connectivity index (χ1n) is 6.28. The summed E-state index contributed by atoms with van der Waals surface area (Å²) in [6.45, 7) is 0.568. The molecule has 7 nitrogen and oxygen atoms in total. The van der Waals surface area contributed by atoms with Gasteiger partial charge in [0.2, 0.25) is 12.2 Å². The number of carbonyl (C=O) groups is 1. The monoisotopic (exact) mass is 266 g/mol. The van der Waals surface area contributed by atoms with Gasteiger partial charge in [-0.2, -0.15) is 0 Å². The number of aromatic amines is 1. The highest BCUT2D eigenvalue weighted by Gasteiger charge is 2.19. The van der Waals surface area contributed by atoms with Gasteiger partial charge in [0.1, 0.15) is 0 Å². The molecular weight excluding hydrogens is 246 g/mol. The number of carbonyl (C=O) groups excluding carboxylic acids is 2. The molecule has 0 fully saturated rings. The summed E-state index contributed by atoms with van der Waals surface area (Å²) in [5, 5.41) is 2.57. The molecule has 1 rings (SSSR count). The summed E-state index contributed by atoms with van der Waals surface area (Å²) in [5.41, 5.74) is 11.8. The number of nitrogens with zero attached hydrogens (tertiary/aromatic N) is 1. The van der Waals surface area contributed by atoms with Crippen LogP contribution >= 0.6 is 0 Å². The minimum atomic E-state index is -0.728. The Labute approximate surface area is 112 Å². The van der Waals surface area contributed by atoms with Crippen molar-refractivity contribution in [1.82, 2.24) is 15.3 Å². The first-order chi connectivity index (χ1) is 9.17. The van der Waals surface area contributed by atoms with Crippen LogP contribution in [0.25, 0.3) is 0 Å². The molecule has 0 saturated heterocycles. The molecule has 1 amide bonds. The topological polar surface area (TPSA) is 127 Å². The van der Waals surface area contributed by atoms with Crippen LogP contribution in [-0.4, -0.2) is 40.8 Å². The number of hydrogen-bond acceptors (Lipinski definition) is 5. The molecule has 19 heavy (non-hydrogen) atoms. The summed E-state index contributed by atoms with van der Waals surface area (Å²) < 4.78 is 0. The molecule has 1 aromatic rings. The number of nitrogens with two attached hydrogens (primary N) is 2. The van der Waals surface area contributed by atoms with Gasteiger partial charge in [0.25, 0.3) is 0 Å². The number of H-pyrrole nitrogens is 1. The normalized spacial score (nSPS) is 13.8. The lowest BCUT2D eigenvalue weighted by atomic mass is 10.1. The first kappa shape index (κ1) is 15.3. The molecule has 1 aromatic heterocycles. The van der Waals surface area contributed by atoms with Gasteiger partial charge >= 0.3 is 0 Å². The van der Waals surface area contributed by atoms with Gasteiger partial charge in [-0.3, -0.25) is 9.59 Å². The van der Waals surface area contributed by atoms with Crippen molar-refractivity contribution in [1.29, 1.82) is 0 Å².